The predicted octanol–water partition coefficient (Wildman–Crippen LogP) is 2.31. The number of aryl methyl sites for hydroxylation is 2. The van der Waals surface area contributed by atoms with Crippen molar-refractivity contribution in [3.8, 4) is 17.5 Å². The highest BCUT2D eigenvalue weighted by atomic mass is 16.1. The highest BCUT2D eigenvalue weighted by Gasteiger charge is 2.12. The van der Waals surface area contributed by atoms with Crippen LogP contribution in [0.15, 0.2) is 43.0 Å². The average molecular weight is 344 g/mol. The maximum absolute atomic E-state index is 11.9. The lowest BCUT2D eigenvalue weighted by Gasteiger charge is -2.04. The molecule has 0 radical (unpaired) electrons. The van der Waals surface area contributed by atoms with Gasteiger partial charge < -0.3 is 5.73 Å². The van der Waals surface area contributed by atoms with Crippen molar-refractivity contribution >= 4 is 17.7 Å². The molecular formula is C19H16N6O. The monoisotopic (exact) mass is 344 g/mol. The van der Waals surface area contributed by atoms with E-state index in [1.165, 1.54) is 29.6 Å². The molecule has 2 aromatic heterocycles. The number of nitrogens with zero attached hydrogens (tertiary/aromatic N) is 5. The number of hydrogen-bond donors (Lipinski definition) is 1. The van der Waals surface area contributed by atoms with Gasteiger partial charge in [0, 0.05) is 29.7 Å². The molecule has 3 rings (SSSR count). The first-order chi connectivity index (χ1) is 12.5. The maximum Gasteiger partial charge on any atom is 0.250 e. The minimum atomic E-state index is -0.648. The number of pyridine rings is 1. The van der Waals surface area contributed by atoms with Crippen LogP contribution in [0.4, 0.5) is 0 Å². The first kappa shape index (κ1) is 17.0. The van der Waals surface area contributed by atoms with Crippen molar-refractivity contribution in [1.29, 1.82) is 5.26 Å². The third kappa shape index (κ3) is 3.65. The van der Waals surface area contributed by atoms with Gasteiger partial charge in [-0.1, -0.05) is 17.2 Å². The van der Waals surface area contributed by atoms with Crippen molar-refractivity contribution < 1.29 is 4.79 Å². The molecule has 0 aliphatic rings. The third-order valence-electron chi connectivity index (χ3n) is 3.69. The fourth-order valence-corrected chi connectivity index (χ4v) is 2.63. The number of aromatic nitrogens is 4. The fourth-order valence-electron chi connectivity index (χ4n) is 2.63. The first-order valence-electron chi connectivity index (χ1n) is 7.83. The summed E-state index contributed by atoms with van der Waals surface area (Å²) in [7, 11) is 0. The lowest BCUT2D eigenvalue weighted by molar-refractivity contribution is -0.112. The van der Waals surface area contributed by atoms with Gasteiger partial charge in [-0.2, -0.15) is 5.26 Å². The minimum Gasteiger partial charge on any atom is -0.366 e. The zero-order valence-corrected chi connectivity index (χ0v) is 14.3. The molecule has 2 heterocycles. The Balaban J connectivity index is 2.01. The average Bonchev–Trinajstić information content (AvgIpc) is 3.07. The predicted molar refractivity (Wildman–Crippen MR) is 97.2 cm³/mol. The molecule has 0 bridgehead atoms. The standard InChI is InChI=1S/C19H16N6O/c1-12-3-13(2)5-15(4-12)19-23-11-25(24-19)10-17(18(21)26)16-6-14(7-20)8-22-9-16/h3-6,8-11H,1-2H3,(H2,21,26)/b17-10-. The molecule has 0 saturated carbocycles. The van der Waals surface area contributed by atoms with Gasteiger partial charge in [0.05, 0.1) is 11.1 Å². The molecule has 26 heavy (non-hydrogen) atoms. The molecule has 0 unspecified atom stereocenters. The summed E-state index contributed by atoms with van der Waals surface area (Å²) in [5.74, 6) is -0.105. The summed E-state index contributed by atoms with van der Waals surface area (Å²) in [5.41, 5.74) is 9.58. The number of carbonyl (C=O) groups is 1. The summed E-state index contributed by atoms with van der Waals surface area (Å²) in [4.78, 5) is 20.1. The van der Waals surface area contributed by atoms with Crippen LogP contribution in [0, 0.1) is 25.2 Å². The fraction of sp³-hybridized carbons (Fsp3) is 0.105. The van der Waals surface area contributed by atoms with E-state index < -0.39 is 5.91 Å². The molecule has 1 amide bonds. The van der Waals surface area contributed by atoms with Gasteiger partial charge in [-0.05, 0) is 32.0 Å². The Labute approximate surface area is 150 Å². The zero-order chi connectivity index (χ0) is 18.7. The van der Waals surface area contributed by atoms with Crippen LogP contribution in [0.25, 0.3) is 23.2 Å². The smallest absolute Gasteiger partial charge is 0.250 e. The van der Waals surface area contributed by atoms with E-state index in [4.69, 9.17) is 11.0 Å². The second kappa shape index (κ2) is 6.99. The highest BCUT2D eigenvalue weighted by molar-refractivity contribution is 6.22. The number of carbonyl (C=O) groups excluding carboxylic acids is 1. The summed E-state index contributed by atoms with van der Waals surface area (Å²) in [5, 5.41) is 13.4. The van der Waals surface area contributed by atoms with Gasteiger partial charge in [0.25, 0.3) is 5.91 Å². The Bertz CT molecular complexity index is 1040. The second-order valence-corrected chi connectivity index (χ2v) is 5.91. The lowest BCUT2D eigenvalue weighted by atomic mass is 10.1. The van der Waals surface area contributed by atoms with E-state index in [1.807, 2.05) is 32.0 Å². The Morgan fingerprint density at radius 3 is 2.58 bits per heavy atom. The topological polar surface area (TPSA) is 110 Å². The van der Waals surface area contributed by atoms with E-state index in [9.17, 15) is 4.79 Å². The highest BCUT2D eigenvalue weighted by Crippen LogP contribution is 2.20. The van der Waals surface area contributed by atoms with E-state index in [-0.39, 0.29) is 5.57 Å². The van der Waals surface area contributed by atoms with E-state index in [2.05, 4.69) is 21.1 Å². The van der Waals surface area contributed by atoms with E-state index in [0.29, 0.717) is 17.0 Å². The van der Waals surface area contributed by atoms with Crippen molar-refractivity contribution in [1.82, 2.24) is 19.7 Å². The molecule has 7 heteroatoms. The number of nitriles is 1. The van der Waals surface area contributed by atoms with Gasteiger partial charge in [-0.25, -0.2) is 9.67 Å². The normalized spacial score (nSPS) is 11.2. The largest absolute Gasteiger partial charge is 0.366 e. The van der Waals surface area contributed by atoms with Crippen LogP contribution < -0.4 is 5.73 Å². The van der Waals surface area contributed by atoms with Crippen molar-refractivity contribution in [2.75, 3.05) is 0 Å². The molecule has 0 atom stereocenters. The molecule has 2 N–H and O–H groups in total. The molecule has 3 aromatic rings. The summed E-state index contributed by atoms with van der Waals surface area (Å²) < 4.78 is 1.42. The van der Waals surface area contributed by atoms with Crippen molar-refractivity contribution in [3.05, 3.63) is 65.2 Å². The van der Waals surface area contributed by atoms with Crippen LogP contribution in [0.3, 0.4) is 0 Å². The van der Waals surface area contributed by atoms with Gasteiger partial charge in [0.15, 0.2) is 5.82 Å². The maximum atomic E-state index is 11.9. The number of primary amides is 1. The van der Waals surface area contributed by atoms with E-state index >= 15 is 0 Å². The van der Waals surface area contributed by atoms with Crippen LogP contribution in [0.5, 0.6) is 0 Å². The van der Waals surface area contributed by atoms with Crippen molar-refractivity contribution in [2.45, 2.75) is 13.8 Å². The number of hydrogen-bond acceptors (Lipinski definition) is 5. The molecule has 0 fully saturated rings. The SMILES string of the molecule is Cc1cc(C)cc(-c2ncn(/C=C(\C(N)=O)c3cncc(C#N)c3)n2)c1. The summed E-state index contributed by atoms with van der Waals surface area (Å²) in [6, 6.07) is 9.59. The minimum absolute atomic E-state index is 0.187. The van der Waals surface area contributed by atoms with E-state index in [0.717, 1.165) is 16.7 Å². The van der Waals surface area contributed by atoms with Crippen molar-refractivity contribution in [2.24, 2.45) is 5.73 Å². The van der Waals surface area contributed by atoms with E-state index in [1.54, 1.807) is 6.07 Å². The van der Waals surface area contributed by atoms with Crippen LogP contribution in [0.1, 0.15) is 22.3 Å². The van der Waals surface area contributed by atoms with Crippen molar-refractivity contribution in [3.63, 3.8) is 0 Å². The summed E-state index contributed by atoms with van der Waals surface area (Å²) in [6.07, 6.45) is 5.85. The van der Waals surface area contributed by atoms with Gasteiger partial charge in [0.2, 0.25) is 0 Å². The Hall–Kier alpha value is -3.79. The molecule has 7 nitrogen and oxygen atoms in total. The quantitative estimate of drug-likeness (QED) is 0.730. The third-order valence-corrected chi connectivity index (χ3v) is 3.69. The number of benzene rings is 1. The van der Waals surface area contributed by atoms with Crippen LogP contribution >= 0.6 is 0 Å². The summed E-state index contributed by atoms with van der Waals surface area (Å²) in [6.45, 7) is 4.02. The van der Waals surface area contributed by atoms with Crippen LogP contribution in [-0.2, 0) is 4.79 Å². The molecule has 0 aliphatic carbocycles. The Morgan fingerprint density at radius 2 is 1.92 bits per heavy atom. The van der Waals surface area contributed by atoms with Gasteiger partial charge in [0.1, 0.15) is 12.4 Å². The van der Waals surface area contributed by atoms with Gasteiger partial charge >= 0.3 is 0 Å². The Kier molecular flexibility index (Phi) is 4.58. The zero-order valence-electron chi connectivity index (χ0n) is 14.3. The van der Waals surface area contributed by atoms with Crippen LogP contribution in [0.2, 0.25) is 0 Å². The molecule has 0 saturated heterocycles. The number of nitrogens with two attached hydrogens (primary N) is 1. The molecule has 128 valence electrons. The Morgan fingerprint density at radius 1 is 1.19 bits per heavy atom. The number of amides is 1. The van der Waals surface area contributed by atoms with Gasteiger partial charge in [-0.15, -0.1) is 5.10 Å². The molecule has 0 spiro atoms. The number of rotatable bonds is 4. The molecular weight excluding hydrogens is 328 g/mol. The summed E-state index contributed by atoms with van der Waals surface area (Å²) >= 11 is 0. The molecule has 0 aliphatic heterocycles. The second-order valence-electron chi connectivity index (χ2n) is 5.91. The molecule has 1 aromatic carbocycles. The lowest BCUT2D eigenvalue weighted by Crippen LogP contribution is -2.14. The first-order valence-corrected chi connectivity index (χ1v) is 7.83. The van der Waals surface area contributed by atoms with Crippen LogP contribution in [-0.4, -0.2) is 25.7 Å². The van der Waals surface area contributed by atoms with Gasteiger partial charge in [-0.3, -0.25) is 9.78 Å².